The molecule has 2 nitrogen and oxygen atoms in total. The average molecular weight is 297 g/mol. The molecule has 17 heavy (non-hydrogen) atoms. The van der Waals surface area contributed by atoms with Crippen LogP contribution in [-0.4, -0.2) is 5.78 Å². The van der Waals surface area contributed by atoms with Crippen LogP contribution in [0.1, 0.15) is 21.7 Å². The first-order chi connectivity index (χ1) is 8.06. The monoisotopic (exact) mass is 296 g/mol. The first-order valence-corrected chi connectivity index (χ1v) is 5.88. The Hall–Kier alpha value is -1.42. The summed E-state index contributed by atoms with van der Waals surface area (Å²) in [6, 6.07) is 6.08. The van der Waals surface area contributed by atoms with Gasteiger partial charge in [0.25, 0.3) is 0 Å². The van der Waals surface area contributed by atoms with E-state index in [2.05, 4.69) is 15.9 Å². The normalized spacial score (nSPS) is 10.5. The smallest absolute Gasteiger partial charge is 0.170 e. The molecule has 0 radical (unpaired) electrons. The van der Waals surface area contributed by atoms with Crippen LogP contribution >= 0.6 is 15.9 Å². The number of hydrogen-bond acceptors (Lipinski definition) is 2. The number of halogens is 2. The molecule has 2 rings (SSSR count). The lowest BCUT2D eigenvalue weighted by Crippen LogP contribution is -2.04. The van der Waals surface area contributed by atoms with Gasteiger partial charge in [-0.05, 0) is 36.8 Å². The highest BCUT2D eigenvalue weighted by molar-refractivity contribution is 9.10. The average Bonchev–Trinajstić information content (AvgIpc) is 2.62. The number of benzene rings is 1. The molecular weight excluding hydrogens is 287 g/mol. The van der Waals surface area contributed by atoms with Crippen molar-refractivity contribution in [2.75, 3.05) is 0 Å². The van der Waals surface area contributed by atoms with E-state index in [0.29, 0.717) is 21.4 Å². The van der Waals surface area contributed by atoms with Crippen molar-refractivity contribution in [3.05, 3.63) is 57.7 Å². The second kappa shape index (κ2) is 4.84. The lowest BCUT2D eigenvalue weighted by Gasteiger charge is -2.02. The summed E-state index contributed by atoms with van der Waals surface area (Å²) in [6.07, 6.45) is 1.64. The number of rotatable bonds is 3. The van der Waals surface area contributed by atoms with Crippen molar-refractivity contribution >= 4 is 21.7 Å². The molecule has 0 saturated carbocycles. The molecule has 0 spiro atoms. The van der Waals surface area contributed by atoms with Gasteiger partial charge in [0.15, 0.2) is 5.78 Å². The zero-order valence-electron chi connectivity index (χ0n) is 9.17. The molecular formula is C13H10BrFO2. The van der Waals surface area contributed by atoms with Gasteiger partial charge in [0.1, 0.15) is 11.6 Å². The van der Waals surface area contributed by atoms with E-state index in [4.69, 9.17) is 4.42 Å². The van der Waals surface area contributed by atoms with E-state index >= 15 is 0 Å². The number of aryl methyl sites for hydroxylation is 1. The van der Waals surface area contributed by atoms with Gasteiger partial charge in [-0.2, -0.15) is 0 Å². The molecule has 0 fully saturated rings. The second-order valence-electron chi connectivity index (χ2n) is 3.77. The van der Waals surface area contributed by atoms with Gasteiger partial charge < -0.3 is 4.42 Å². The summed E-state index contributed by atoms with van der Waals surface area (Å²) in [7, 11) is 0. The standard InChI is InChI=1S/C13H10BrFO2/c1-8-12(2-3-17-8)13(16)6-9-4-10(14)7-11(15)5-9/h2-5,7H,6H2,1H3. The summed E-state index contributed by atoms with van der Waals surface area (Å²) in [5, 5.41) is 0. The maximum atomic E-state index is 13.1. The molecule has 1 aromatic carbocycles. The maximum absolute atomic E-state index is 13.1. The molecule has 0 amide bonds. The first-order valence-electron chi connectivity index (χ1n) is 5.08. The van der Waals surface area contributed by atoms with Crippen LogP contribution in [0.5, 0.6) is 0 Å². The zero-order valence-corrected chi connectivity index (χ0v) is 10.8. The predicted molar refractivity (Wildman–Crippen MR) is 65.6 cm³/mol. The highest BCUT2D eigenvalue weighted by Gasteiger charge is 2.12. The molecule has 1 aromatic heterocycles. The Labute approximate surface area is 107 Å². The van der Waals surface area contributed by atoms with Crippen molar-refractivity contribution in [3.8, 4) is 0 Å². The van der Waals surface area contributed by atoms with Crippen LogP contribution in [0.3, 0.4) is 0 Å². The van der Waals surface area contributed by atoms with Crippen LogP contribution in [0.4, 0.5) is 4.39 Å². The summed E-state index contributed by atoms with van der Waals surface area (Å²) in [6.45, 7) is 1.73. The summed E-state index contributed by atoms with van der Waals surface area (Å²) in [5.41, 5.74) is 1.19. The molecule has 1 heterocycles. The summed E-state index contributed by atoms with van der Waals surface area (Å²) in [4.78, 5) is 11.9. The first kappa shape index (κ1) is 12.0. The van der Waals surface area contributed by atoms with Crippen LogP contribution in [0, 0.1) is 12.7 Å². The molecule has 0 aliphatic heterocycles. The molecule has 2 aromatic rings. The molecule has 0 atom stereocenters. The van der Waals surface area contributed by atoms with E-state index in [1.807, 2.05) is 0 Å². The van der Waals surface area contributed by atoms with E-state index in [-0.39, 0.29) is 18.0 Å². The number of furan rings is 1. The summed E-state index contributed by atoms with van der Waals surface area (Å²) < 4.78 is 18.8. The third-order valence-corrected chi connectivity index (χ3v) is 2.90. The van der Waals surface area contributed by atoms with Crippen LogP contribution < -0.4 is 0 Å². The van der Waals surface area contributed by atoms with Crippen LogP contribution in [0.15, 0.2) is 39.4 Å². The Kier molecular flexibility index (Phi) is 3.43. The van der Waals surface area contributed by atoms with E-state index in [9.17, 15) is 9.18 Å². The Morgan fingerprint density at radius 2 is 2.18 bits per heavy atom. The van der Waals surface area contributed by atoms with Crippen molar-refractivity contribution in [3.63, 3.8) is 0 Å². The van der Waals surface area contributed by atoms with Gasteiger partial charge in [-0.15, -0.1) is 0 Å². The molecule has 0 bridgehead atoms. The lowest BCUT2D eigenvalue weighted by molar-refractivity contribution is 0.0991. The van der Waals surface area contributed by atoms with Gasteiger partial charge in [-0.25, -0.2) is 4.39 Å². The Bertz CT molecular complexity index is 540. The minimum Gasteiger partial charge on any atom is -0.469 e. The van der Waals surface area contributed by atoms with Crippen molar-refractivity contribution in [2.45, 2.75) is 13.3 Å². The number of carbonyl (C=O) groups is 1. The number of ketones is 1. The topological polar surface area (TPSA) is 30.2 Å². The Morgan fingerprint density at radius 1 is 1.41 bits per heavy atom. The van der Waals surface area contributed by atoms with E-state index in [0.717, 1.165) is 0 Å². The fourth-order valence-electron chi connectivity index (χ4n) is 1.67. The number of hydrogen-bond donors (Lipinski definition) is 0. The van der Waals surface area contributed by atoms with Gasteiger partial charge in [-0.1, -0.05) is 15.9 Å². The molecule has 0 N–H and O–H groups in total. The quantitative estimate of drug-likeness (QED) is 0.804. The van der Waals surface area contributed by atoms with Crippen LogP contribution in [0.2, 0.25) is 0 Å². The highest BCUT2D eigenvalue weighted by Crippen LogP contribution is 2.18. The molecule has 4 heteroatoms. The minimum atomic E-state index is -0.355. The zero-order chi connectivity index (χ0) is 12.4. The van der Waals surface area contributed by atoms with E-state index < -0.39 is 0 Å². The lowest BCUT2D eigenvalue weighted by atomic mass is 10.0. The van der Waals surface area contributed by atoms with Gasteiger partial charge in [0, 0.05) is 10.9 Å². The third-order valence-electron chi connectivity index (χ3n) is 2.45. The Morgan fingerprint density at radius 3 is 2.76 bits per heavy atom. The predicted octanol–water partition coefficient (Wildman–Crippen LogP) is 3.92. The summed E-state index contributed by atoms with van der Waals surface area (Å²) >= 11 is 3.20. The van der Waals surface area contributed by atoms with Gasteiger partial charge in [0.2, 0.25) is 0 Å². The van der Waals surface area contributed by atoms with E-state index in [1.54, 1.807) is 19.1 Å². The summed E-state index contributed by atoms with van der Waals surface area (Å²) in [5.74, 6) is 0.158. The van der Waals surface area contributed by atoms with Crippen molar-refractivity contribution in [1.82, 2.24) is 0 Å². The molecule has 0 aliphatic rings. The van der Waals surface area contributed by atoms with Crippen LogP contribution in [0.25, 0.3) is 0 Å². The van der Waals surface area contributed by atoms with Crippen LogP contribution in [-0.2, 0) is 6.42 Å². The van der Waals surface area contributed by atoms with Crippen molar-refractivity contribution < 1.29 is 13.6 Å². The minimum absolute atomic E-state index is 0.0752. The van der Waals surface area contributed by atoms with Crippen molar-refractivity contribution in [2.24, 2.45) is 0 Å². The number of Topliss-reactive ketones (excluding diaryl/α,β-unsaturated/α-hetero) is 1. The SMILES string of the molecule is Cc1occc1C(=O)Cc1cc(F)cc(Br)c1. The Balaban J connectivity index is 2.21. The van der Waals surface area contributed by atoms with Gasteiger partial charge in [0.05, 0.1) is 11.8 Å². The third kappa shape index (κ3) is 2.82. The largest absolute Gasteiger partial charge is 0.469 e. The van der Waals surface area contributed by atoms with Gasteiger partial charge >= 0.3 is 0 Å². The van der Waals surface area contributed by atoms with E-state index in [1.165, 1.54) is 18.4 Å². The highest BCUT2D eigenvalue weighted by atomic mass is 79.9. The fourth-order valence-corrected chi connectivity index (χ4v) is 2.18. The number of carbonyl (C=O) groups excluding carboxylic acids is 1. The molecule has 0 aliphatic carbocycles. The fraction of sp³-hybridized carbons (Fsp3) is 0.154. The van der Waals surface area contributed by atoms with Crippen molar-refractivity contribution in [1.29, 1.82) is 0 Å². The van der Waals surface area contributed by atoms with Gasteiger partial charge in [-0.3, -0.25) is 4.79 Å². The maximum Gasteiger partial charge on any atom is 0.170 e. The molecule has 0 saturated heterocycles. The molecule has 0 unspecified atom stereocenters. The second-order valence-corrected chi connectivity index (χ2v) is 4.68. The molecule has 88 valence electrons.